The van der Waals surface area contributed by atoms with Crippen LogP contribution in [0.5, 0.6) is 0 Å². The van der Waals surface area contributed by atoms with Crippen molar-refractivity contribution >= 4 is 6.21 Å². The van der Waals surface area contributed by atoms with E-state index in [2.05, 4.69) is 12.1 Å². The Labute approximate surface area is 71.3 Å². The molecule has 11 heavy (non-hydrogen) atoms. The van der Waals surface area contributed by atoms with E-state index in [4.69, 9.17) is 5.21 Å². The predicted octanol–water partition coefficient (Wildman–Crippen LogP) is 3.69. The molecule has 0 spiro atoms. The van der Waals surface area contributed by atoms with Crippen LogP contribution in [0.1, 0.15) is 53.9 Å². The van der Waals surface area contributed by atoms with Crippen molar-refractivity contribution in [3.8, 4) is 0 Å². The molecular weight excluding hydrogens is 138 g/mol. The summed E-state index contributed by atoms with van der Waals surface area (Å²) in [5, 5.41) is 10.7. The fraction of sp³-hybridized carbons (Fsp3) is 0.889. The smallest absolute Gasteiger partial charge is 0.0435 e. The number of hydrogen-bond donors (Lipinski definition) is 1. The number of hydrogen-bond acceptors (Lipinski definition) is 2. The third-order valence-electron chi connectivity index (χ3n) is 0.768. The maximum Gasteiger partial charge on any atom is 0.0435 e. The SMILES string of the molecule is CC.CC.CCCC/C=N\O. The van der Waals surface area contributed by atoms with Crippen LogP contribution >= 0.6 is 0 Å². The number of unbranched alkanes of at least 4 members (excludes halogenated alkanes) is 2. The van der Waals surface area contributed by atoms with E-state index in [1.807, 2.05) is 27.7 Å². The maximum atomic E-state index is 7.86. The summed E-state index contributed by atoms with van der Waals surface area (Å²) in [6, 6.07) is 0. The minimum Gasteiger partial charge on any atom is -0.411 e. The second-order valence-corrected chi connectivity index (χ2v) is 1.44. The highest BCUT2D eigenvalue weighted by atomic mass is 16.4. The molecule has 0 radical (unpaired) electrons. The first-order valence-corrected chi connectivity index (χ1v) is 4.57. The molecule has 0 saturated carbocycles. The Morgan fingerprint density at radius 2 is 1.64 bits per heavy atom. The summed E-state index contributed by atoms with van der Waals surface area (Å²) in [4.78, 5) is 0. The average molecular weight is 161 g/mol. The summed E-state index contributed by atoms with van der Waals surface area (Å²) in [6.07, 6.45) is 4.69. The van der Waals surface area contributed by atoms with Crippen molar-refractivity contribution in [1.29, 1.82) is 0 Å². The number of rotatable bonds is 3. The minimum absolute atomic E-state index is 0.896. The van der Waals surface area contributed by atoms with Gasteiger partial charge in [0.05, 0.1) is 0 Å². The van der Waals surface area contributed by atoms with E-state index in [9.17, 15) is 0 Å². The summed E-state index contributed by atoms with van der Waals surface area (Å²) >= 11 is 0. The van der Waals surface area contributed by atoms with Crippen LogP contribution in [-0.2, 0) is 0 Å². The van der Waals surface area contributed by atoms with Gasteiger partial charge in [0.15, 0.2) is 0 Å². The Morgan fingerprint density at radius 1 is 1.18 bits per heavy atom. The van der Waals surface area contributed by atoms with Crippen LogP contribution in [0.3, 0.4) is 0 Å². The van der Waals surface area contributed by atoms with Crippen LogP contribution in [0.25, 0.3) is 0 Å². The van der Waals surface area contributed by atoms with E-state index in [1.54, 1.807) is 0 Å². The lowest BCUT2D eigenvalue weighted by Gasteiger charge is -1.82. The Kier molecular flexibility index (Phi) is 52.0. The van der Waals surface area contributed by atoms with Crippen LogP contribution in [0.15, 0.2) is 5.16 Å². The molecule has 0 atom stereocenters. The van der Waals surface area contributed by atoms with E-state index >= 15 is 0 Å². The first-order valence-electron chi connectivity index (χ1n) is 4.57. The van der Waals surface area contributed by atoms with Crippen LogP contribution in [0, 0.1) is 0 Å². The fourth-order valence-electron chi connectivity index (χ4n) is 0.353. The quantitative estimate of drug-likeness (QED) is 0.291. The summed E-state index contributed by atoms with van der Waals surface area (Å²) in [7, 11) is 0. The highest BCUT2D eigenvalue weighted by molar-refractivity contribution is 5.55. The highest BCUT2D eigenvalue weighted by Crippen LogP contribution is 1.88. The molecule has 0 aromatic rings. The summed E-state index contributed by atoms with van der Waals surface area (Å²) in [6.45, 7) is 10.1. The van der Waals surface area contributed by atoms with Gasteiger partial charge in [-0.25, -0.2) is 0 Å². The molecule has 0 amide bonds. The zero-order valence-electron chi connectivity index (χ0n) is 8.59. The van der Waals surface area contributed by atoms with Gasteiger partial charge >= 0.3 is 0 Å². The van der Waals surface area contributed by atoms with Gasteiger partial charge in [-0.15, -0.1) is 5.16 Å². The second-order valence-electron chi connectivity index (χ2n) is 1.44. The zero-order valence-corrected chi connectivity index (χ0v) is 8.59. The zero-order chi connectivity index (χ0) is 9.54. The number of oxime groups is 1. The minimum atomic E-state index is 0.896. The summed E-state index contributed by atoms with van der Waals surface area (Å²) in [5.41, 5.74) is 0. The van der Waals surface area contributed by atoms with Crippen molar-refractivity contribution in [3.05, 3.63) is 0 Å². The third kappa shape index (κ3) is 43.9. The van der Waals surface area contributed by atoms with Crippen LogP contribution in [0.4, 0.5) is 0 Å². The molecular formula is C9H23NO. The molecule has 0 saturated heterocycles. The molecule has 0 aromatic heterocycles. The van der Waals surface area contributed by atoms with Gasteiger partial charge in [0, 0.05) is 6.21 Å². The molecule has 0 unspecified atom stereocenters. The summed E-state index contributed by atoms with van der Waals surface area (Å²) in [5.74, 6) is 0. The Balaban J connectivity index is -0.000000138. The molecule has 70 valence electrons. The lowest BCUT2D eigenvalue weighted by atomic mass is 10.3. The standard InChI is InChI=1S/C5H11NO.2C2H6/c1-2-3-4-5-6-7;2*1-2/h5,7H,2-4H2,1H3;2*1-2H3/b6-5-;;. The van der Waals surface area contributed by atoms with Gasteiger partial charge in [0.2, 0.25) is 0 Å². The molecule has 0 rings (SSSR count). The van der Waals surface area contributed by atoms with Gasteiger partial charge in [-0.3, -0.25) is 0 Å². The third-order valence-corrected chi connectivity index (χ3v) is 0.768. The molecule has 0 aliphatic carbocycles. The monoisotopic (exact) mass is 161 g/mol. The van der Waals surface area contributed by atoms with Gasteiger partial charge in [-0.2, -0.15) is 0 Å². The van der Waals surface area contributed by atoms with Crippen molar-refractivity contribution in [2.45, 2.75) is 53.9 Å². The van der Waals surface area contributed by atoms with Crippen LogP contribution in [-0.4, -0.2) is 11.4 Å². The second kappa shape index (κ2) is 34.0. The molecule has 0 heterocycles. The van der Waals surface area contributed by atoms with Gasteiger partial charge in [0.25, 0.3) is 0 Å². The van der Waals surface area contributed by atoms with Gasteiger partial charge in [0.1, 0.15) is 0 Å². The van der Waals surface area contributed by atoms with Crippen molar-refractivity contribution < 1.29 is 5.21 Å². The van der Waals surface area contributed by atoms with Gasteiger partial charge in [-0.05, 0) is 12.8 Å². The van der Waals surface area contributed by atoms with E-state index in [1.165, 1.54) is 6.21 Å². The van der Waals surface area contributed by atoms with E-state index in [0.717, 1.165) is 19.3 Å². The molecule has 2 heteroatoms. The molecule has 2 nitrogen and oxygen atoms in total. The molecule has 1 N–H and O–H groups in total. The molecule has 0 aliphatic rings. The van der Waals surface area contributed by atoms with E-state index in [-0.39, 0.29) is 0 Å². The largest absolute Gasteiger partial charge is 0.411 e. The highest BCUT2D eigenvalue weighted by Gasteiger charge is 1.75. The lowest BCUT2D eigenvalue weighted by Crippen LogP contribution is -1.72. The van der Waals surface area contributed by atoms with Gasteiger partial charge < -0.3 is 5.21 Å². The van der Waals surface area contributed by atoms with Gasteiger partial charge in [-0.1, -0.05) is 41.0 Å². The van der Waals surface area contributed by atoms with Crippen molar-refractivity contribution in [2.24, 2.45) is 5.16 Å². The predicted molar refractivity (Wildman–Crippen MR) is 52.5 cm³/mol. The number of nitrogens with zero attached hydrogens (tertiary/aromatic N) is 1. The first kappa shape index (κ1) is 16.8. The summed E-state index contributed by atoms with van der Waals surface area (Å²) < 4.78 is 0. The molecule has 0 aromatic carbocycles. The molecule has 0 bridgehead atoms. The van der Waals surface area contributed by atoms with Crippen molar-refractivity contribution in [1.82, 2.24) is 0 Å². The first-order chi connectivity index (χ1) is 5.41. The molecule has 0 aliphatic heterocycles. The Bertz CT molecular complexity index is 53.5. The molecule has 0 fully saturated rings. The maximum absolute atomic E-state index is 7.86. The Morgan fingerprint density at radius 3 is 1.91 bits per heavy atom. The van der Waals surface area contributed by atoms with E-state index < -0.39 is 0 Å². The normalized spacial score (nSPS) is 7.73. The average Bonchev–Trinajstić information content (AvgIpc) is 2.13. The topological polar surface area (TPSA) is 32.6 Å². The Hall–Kier alpha value is -0.530. The van der Waals surface area contributed by atoms with Crippen molar-refractivity contribution in [3.63, 3.8) is 0 Å². The van der Waals surface area contributed by atoms with E-state index in [0.29, 0.717) is 0 Å². The van der Waals surface area contributed by atoms with Crippen molar-refractivity contribution in [2.75, 3.05) is 0 Å². The van der Waals surface area contributed by atoms with Crippen LogP contribution in [0.2, 0.25) is 0 Å². The lowest BCUT2D eigenvalue weighted by molar-refractivity contribution is 0.320. The fourth-order valence-corrected chi connectivity index (χ4v) is 0.353. The van der Waals surface area contributed by atoms with Crippen LogP contribution < -0.4 is 0 Å².